The maximum absolute atomic E-state index is 9.45. The fourth-order valence-electron chi connectivity index (χ4n) is 1.44. The lowest BCUT2D eigenvalue weighted by atomic mass is 10.0. The number of hydrogen-bond donors (Lipinski definition) is 3. The van der Waals surface area contributed by atoms with Crippen LogP contribution in [0.2, 0.25) is 0 Å². The summed E-state index contributed by atoms with van der Waals surface area (Å²) < 4.78 is 15.3. The van der Waals surface area contributed by atoms with Crippen LogP contribution in [0.4, 0.5) is 0 Å². The Kier molecular flexibility index (Phi) is 5.44. The van der Waals surface area contributed by atoms with E-state index in [-0.39, 0.29) is 13.0 Å². The van der Waals surface area contributed by atoms with Gasteiger partial charge in [-0.25, -0.2) is 0 Å². The molecule has 1 rings (SSSR count). The van der Waals surface area contributed by atoms with Crippen molar-refractivity contribution in [3.05, 3.63) is 0 Å². The molecule has 0 amide bonds. The average molecular weight is 222 g/mol. The molecule has 90 valence electrons. The first kappa shape index (κ1) is 12.8. The summed E-state index contributed by atoms with van der Waals surface area (Å²) in [4.78, 5) is 0. The molecule has 0 radical (unpaired) electrons. The van der Waals surface area contributed by atoms with E-state index >= 15 is 0 Å². The van der Waals surface area contributed by atoms with Gasteiger partial charge in [-0.1, -0.05) is 0 Å². The average Bonchev–Trinajstić information content (AvgIpc) is 2.23. The monoisotopic (exact) mass is 222 g/mol. The van der Waals surface area contributed by atoms with Gasteiger partial charge in [-0.05, 0) is 0 Å². The fourth-order valence-corrected chi connectivity index (χ4v) is 1.44. The van der Waals surface area contributed by atoms with E-state index in [1.807, 2.05) is 0 Å². The van der Waals surface area contributed by atoms with Crippen LogP contribution in [0.5, 0.6) is 0 Å². The van der Waals surface area contributed by atoms with Crippen molar-refractivity contribution in [2.45, 2.75) is 31.0 Å². The lowest BCUT2D eigenvalue weighted by Crippen LogP contribution is -2.50. The zero-order chi connectivity index (χ0) is 11.3. The highest BCUT2D eigenvalue weighted by atomic mass is 16.7. The fraction of sp³-hybridized carbons (Fsp3) is 1.00. The Balaban J connectivity index is 2.34. The molecule has 6 nitrogen and oxygen atoms in total. The van der Waals surface area contributed by atoms with Crippen molar-refractivity contribution in [3.63, 3.8) is 0 Å². The van der Waals surface area contributed by atoms with Crippen LogP contribution in [0.15, 0.2) is 0 Å². The Morgan fingerprint density at radius 2 is 2.07 bits per heavy atom. The van der Waals surface area contributed by atoms with Gasteiger partial charge in [-0.2, -0.15) is 0 Å². The third-order valence-electron chi connectivity index (χ3n) is 2.31. The normalized spacial score (nSPS) is 36.8. The van der Waals surface area contributed by atoms with Gasteiger partial charge < -0.3 is 29.5 Å². The van der Waals surface area contributed by atoms with Crippen LogP contribution in [0.25, 0.3) is 0 Å². The van der Waals surface area contributed by atoms with Crippen molar-refractivity contribution >= 4 is 0 Å². The quantitative estimate of drug-likeness (QED) is 0.490. The molecule has 0 unspecified atom stereocenters. The zero-order valence-electron chi connectivity index (χ0n) is 8.70. The number of rotatable bonds is 5. The summed E-state index contributed by atoms with van der Waals surface area (Å²) >= 11 is 0. The topological polar surface area (TPSA) is 88.4 Å². The highest BCUT2D eigenvalue weighted by Gasteiger charge is 2.36. The second-order valence-corrected chi connectivity index (χ2v) is 3.44. The van der Waals surface area contributed by atoms with Gasteiger partial charge in [0.1, 0.15) is 12.2 Å². The SMILES string of the molecule is COCCO[C@H]1C[C@@H](O)[C@@H](O)[C@@H](CO)O1. The molecule has 0 bridgehead atoms. The minimum Gasteiger partial charge on any atom is -0.394 e. The maximum Gasteiger partial charge on any atom is 0.160 e. The predicted octanol–water partition coefficient (Wildman–Crippen LogP) is -1.52. The molecule has 0 spiro atoms. The van der Waals surface area contributed by atoms with Crippen molar-refractivity contribution in [1.29, 1.82) is 0 Å². The van der Waals surface area contributed by atoms with Gasteiger partial charge in [-0.3, -0.25) is 0 Å². The van der Waals surface area contributed by atoms with E-state index in [0.29, 0.717) is 13.2 Å². The maximum atomic E-state index is 9.45. The highest BCUT2D eigenvalue weighted by Crippen LogP contribution is 2.20. The van der Waals surface area contributed by atoms with E-state index in [1.54, 1.807) is 7.11 Å². The number of hydrogen-bond acceptors (Lipinski definition) is 6. The van der Waals surface area contributed by atoms with E-state index in [1.165, 1.54) is 0 Å². The van der Waals surface area contributed by atoms with Crippen molar-refractivity contribution in [3.8, 4) is 0 Å². The Hall–Kier alpha value is -0.240. The molecule has 3 N–H and O–H groups in total. The van der Waals surface area contributed by atoms with E-state index in [2.05, 4.69) is 0 Å². The predicted molar refractivity (Wildman–Crippen MR) is 50.2 cm³/mol. The van der Waals surface area contributed by atoms with Gasteiger partial charge in [0, 0.05) is 13.5 Å². The van der Waals surface area contributed by atoms with E-state index in [0.717, 1.165) is 0 Å². The van der Waals surface area contributed by atoms with Crippen LogP contribution in [0.1, 0.15) is 6.42 Å². The minimum atomic E-state index is -1.06. The molecule has 0 aliphatic carbocycles. The van der Waals surface area contributed by atoms with Gasteiger partial charge in [-0.15, -0.1) is 0 Å². The number of aliphatic hydroxyl groups excluding tert-OH is 3. The van der Waals surface area contributed by atoms with E-state index < -0.39 is 24.6 Å². The first-order chi connectivity index (χ1) is 7.19. The molecule has 1 heterocycles. The number of aliphatic hydroxyl groups is 3. The summed E-state index contributed by atoms with van der Waals surface area (Å²) in [6.45, 7) is 0.437. The summed E-state index contributed by atoms with van der Waals surface area (Å²) in [5.74, 6) is 0. The third kappa shape index (κ3) is 3.67. The van der Waals surface area contributed by atoms with Crippen molar-refractivity contribution < 1.29 is 29.5 Å². The van der Waals surface area contributed by atoms with E-state index in [4.69, 9.17) is 19.3 Å². The van der Waals surface area contributed by atoms with Crippen molar-refractivity contribution in [2.24, 2.45) is 0 Å². The van der Waals surface area contributed by atoms with Gasteiger partial charge in [0.2, 0.25) is 0 Å². The summed E-state index contributed by atoms with van der Waals surface area (Å²) in [6.07, 6.45) is -3.18. The molecule has 15 heavy (non-hydrogen) atoms. The summed E-state index contributed by atoms with van der Waals surface area (Å²) in [6, 6.07) is 0. The molecule has 4 atom stereocenters. The minimum absolute atomic E-state index is 0.196. The van der Waals surface area contributed by atoms with Crippen LogP contribution in [-0.2, 0) is 14.2 Å². The van der Waals surface area contributed by atoms with Crippen molar-refractivity contribution in [2.75, 3.05) is 26.9 Å². The molecule has 0 aromatic heterocycles. The Morgan fingerprint density at radius 3 is 2.67 bits per heavy atom. The van der Waals surface area contributed by atoms with Crippen molar-refractivity contribution in [1.82, 2.24) is 0 Å². The molecule has 0 saturated carbocycles. The van der Waals surface area contributed by atoms with Gasteiger partial charge in [0.25, 0.3) is 0 Å². The second kappa shape index (κ2) is 6.37. The Bertz CT molecular complexity index is 176. The lowest BCUT2D eigenvalue weighted by Gasteiger charge is -2.35. The summed E-state index contributed by atoms with van der Waals surface area (Å²) in [5, 5.41) is 27.8. The standard InChI is InChI=1S/C9H18O6/c1-13-2-3-14-8-4-6(11)9(12)7(5-10)15-8/h6-12H,2-5H2,1H3/t6-,7-,8-,9-/m1/s1. The second-order valence-electron chi connectivity index (χ2n) is 3.44. The molecular weight excluding hydrogens is 204 g/mol. The lowest BCUT2D eigenvalue weighted by molar-refractivity contribution is -0.258. The first-order valence-corrected chi connectivity index (χ1v) is 4.92. The highest BCUT2D eigenvalue weighted by molar-refractivity contribution is 4.82. The molecule has 1 aliphatic rings. The van der Waals surface area contributed by atoms with Gasteiger partial charge >= 0.3 is 0 Å². The number of ether oxygens (including phenoxy) is 3. The molecule has 6 heteroatoms. The summed E-state index contributed by atoms with van der Waals surface area (Å²) in [5.41, 5.74) is 0. The molecular formula is C9H18O6. The largest absolute Gasteiger partial charge is 0.394 e. The summed E-state index contributed by atoms with van der Waals surface area (Å²) in [7, 11) is 1.56. The Morgan fingerprint density at radius 1 is 1.33 bits per heavy atom. The van der Waals surface area contributed by atoms with Crippen LogP contribution >= 0.6 is 0 Å². The molecule has 0 aromatic rings. The van der Waals surface area contributed by atoms with Gasteiger partial charge in [0.05, 0.1) is 25.9 Å². The first-order valence-electron chi connectivity index (χ1n) is 4.92. The van der Waals surface area contributed by atoms with Crippen LogP contribution in [0, 0.1) is 0 Å². The molecule has 1 fully saturated rings. The molecule has 0 aromatic carbocycles. The molecule has 1 saturated heterocycles. The Labute approximate surface area is 88.4 Å². The van der Waals surface area contributed by atoms with E-state index in [9.17, 15) is 10.2 Å². The van der Waals surface area contributed by atoms with Crippen LogP contribution < -0.4 is 0 Å². The smallest absolute Gasteiger partial charge is 0.160 e. The zero-order valence-corrected chi connectivity index (χ0v) is 8.70. The number of methoxy groups -OCH3 is 1. The van der Waals surface area contributed by atoms with Gasteiger partial charge in [0.15, 0.2) is 6.29 Å². The molecule has 1 aliphatic heterocycles. The van der Waals surface area contributed by atoms with Crippen LogP contribution in [-0.4, -0.2) is 66.9 Å². The van der Waals surface area contributed by atoms with Crippen LogP contribution in [0.3, 0.4) is 0 Å². The third-order valence-corrected chi connectivity index (χ3v) is 2.31.